The van der Waals surface area contributed by atoms with E-state index in [-0.39, 0.29) is 29.4 Å². The van der Waals surface area contributed by atoms with Crippen molar-refractivity contribution in [2.24, 2.45) is 0 Å². The molecule has 0 spiro atoms. The maximum atomic E-state index is 3.68. The highest BCUT2D eigenvalue weighted by atomic mass is 79.9. The van der Waals surface area contributed by atoms with Crippen LogP contribution in [0.2, 0.25) is 0 Å². The Hall–Kier alpha value is -0.350. The van der Waals surface area contributed by atoms with Gasteiger partial charge in [-0.15, -0.1) is 0 Å². The van der Waals surface area contributed by atoms with E-state index in [1.165, 1.54) is 0 Å². The SMILES string of the molecule is C=CC[N+](C)(C)CC=C.C=CC[N+](C)(C)CC=C.[Br-].[Cl-]. The molecule has 2 nitrogen and oxygen atoms in total. The van der Waals surface area contributed by atoms with Gasteiger partial charge in [-0.05, 0) is 24.3 Å². The van der Waals surface area contributed by atoms with Gasteiger partial charge in [-0.2, -0.15) is 0 Å². The third-order valence-electron chi connectivity index (χ3n) is 2.49. The highest BCUT2D eigenvalue weighted by Gasteiger charge is 2.08. The molecular weight excluding hydrogens is 336 g/mol. The van der Waals surface area contributed by atoms with Gasteiger partial charge in [0.05, 0.1) is 54.4 Å². The van der Waals surface area contributed by atoms with Gasteiger partial charge in [-0.3, -0.25) is 0 Å². The van der Waals surface area contributed by atoms with Crippen molar-refractivity contribution < 1.29 is 38.4 Å². The van der Waals surface area contributed by atoms with E-state index in [4.69, 9.17) is 0 Å². The van der Waals surface area contributed by atoms with Crippen LogP contribution in [0.4, 0.5) is 0 Å². The van der Waals surface area contributed by atoms with E-state index in [2.05, 4.69) is 54.5 Å². The number of halogens is 2. The van der Waals surface area contributed by atoms with Crippen LogP contribution in [-0.4, -0.2) is 63.3 Å². The lowest BCUT2D eigenvalue weighted by Gasteiger charge is -2.26. The van der Waals surface area contributed by atoms with Crippen LogP contribution in [0.3, 0.4) is 0 Å². The Morgan fingerprint density at radius 3 is 0.850 bits per heavy atom. The molecule has 0 radical (unpaired) electrons. The quantitative estimate of drug-likeness (QED) is 0.315. The zero-order valence-electron chi connectivity index (χ0n) is 13.6. The lowest BCUT2D eigenvalue weighted by atomic mass is 10.4. The Morgan fingerprint density at radius 1 is 0.600 bits per heavy atom. The summed E-state index contributed by atoms with van der Waals surface area (Å²) in [5.41, 5.74) is 0. The Bertz CT molecular complexity index is 222. The van der Waals surface area contributed by atoms with Crippen molar-refractivity contribution in [1.29, 1.82) is 0 Å². The molecule has 0 amide bonds. The fraction of sp³-hybridized carbons (Fsp3) is 0.500. The Labute approximate surface area is 143 Å². The molecule has 20 heavy (non-hydrogen) atoms. The van der Waals surface area contributed by atoms with E-state index in [0.717, 1.165) is 35.1 Å². The first-order chi connectivity index (χ1) is 8.24. The molecule has 0 saturated heterocycles. The second kappa shape index (κ2) is 15.0. The smallest absolute Gasteiger partial charge is 0.0969 e. The minimum absolute atomic E-state index is 0. The van der Waals surface area contributed by atoms with Crippen LogP contribution in [0.1, 0.15) is 0 Å². The van der Waals surface area contributed by atoms with E-state index < -0.39 is 0 Å². The predicted molar refractivity (Wildman–Crippen MR) is 84.5 cm³/mol. The monoisotopic (exact) mass is 366 g/mol. The molecule has 0 heterocycles. The highest BCUT2D eigenvalue weighted by molar-refractivity contribution is 4.70. The molecule has 0 aromatic rings. The standard InChI is InChI=1S/2C8H16N.BrH.ClH/c2*1-5-7-9(3,4)8-6-2;;/h2*5-6H,1-2,7-8H2,3-4H3;2*1H/q2*+1;;/p-2. The van der Waals surface area contributed by atoms with Gasteiger partial charge in [0.2, 0.25) is 0 Å². The first-order valence-corrected chi connectivity index (χ1v) is 6.32. The molecule has 0 N–H and O–H groups in total. The van der Waals surface area contributed by atoms with Gasteiger partial charge in [0.1, 0.15) is 0 Å². The second-order valence-corrected chi connectivity index (χ2v) is 5.76. The summed E-state index contributed by atoms with van der Waals surface area (Å²) in [5.74, 6) is 0. The molecule has 0 atom stereocenters. The molecule has 0 aliphatic carbocycles. The van der Waals surface area contributed by atoms with Gasteiger partial charge in [-0.25, -0.2) is 0 Å². The van der Waals surface area contributed by atoms with Gasteiger partial charge in [0, 0.05) is 0 Å². The molecule has 0 aliphatic rings. The molecule has 0 aliphatic heterocycles. The number of likely N-dealkylation sites (N-methyl/N-ethyl adjacent to an activating group) is 2. The van der Waals surface area contributed by atoms with Crippen LogP contribution in [0.25, 0.3) is 0 Å². The molecule has 0 saturated carbocycles. The van der Waals surface area contributed by atoms with Gasteiger partial charge in [0.25, 0.3) is 0 Å². The van der Waals surface area contributed by atoms with Crippen LogP contribution in [0, 0.1) is 0 Å². The molecule has 4 heteroatoms. The number of hydrogen-bond donors (Lipinski definition) is 0. The highest BCUT2D eigenvalue weighted by Crippen LogP contribution is 1.95. The Kier molecular flexibility index (Phi) is 21.0. The molecule has 0 aromatic carbocycles. The van der Waals surface area contributed by atoms with Crippen LogP contribution >= 0.6 is 0 Å². The maximum absolute atomic E-state index is 3.68. The maximum Gasteiger partial charge on any atom is 0.0969 e. The van der Waals surface area contributed by atoms with E-state index in [1.54, 1.807) is 0 Å². The van der Waals surface area contributed by atoms with E-state index in [1.807, 2.05) is 24.3 Å². The van der Waals surface area contributed by atoms with Crippen molar-refractivity contribution in [3.8, 4) is 0 Å². The normalized spacial score (nSPS) is 9.80. The summed E-state index contributed by atoms with van der Waals surface area (Å²) in [5, 5.41) is 0. The van der Waals surface area contributed by atoms with E-state index in [9.17, 15) is 0 Å². The largest absolute Gasteiger partial charge is 1.00 e. The van der Waals surface area contributed by atoms with Crippen molar-refractivity contribution >= 4 is 0 Å². The minimum Gasteiger partial charge on any atom is -1.00 e. The summed E-state index contributed by atoms with van der Waals surface area (Å²) < 4.78 is 1.90. The summed E-state index contributed by atoms with van der Waals surface area (Å²) in [4.78, 5) is 0. The lowest BCUT2D eigenvalue weighted by molar-refractivity contribution is -0.878. The summed E-state index contributed by atoms with van der Waals surface area (Å²) >= 11 is 0. The van der Waals surface area contributed by atoms with Crippen molar-refractivity contribution in [3.63, 3.8) is 0 Å². The average molecular weight is 368 g/mol. The van der Waals surface area contributed by atoms with Crippen molar-refractivity contribution in [1.82, 2.24) is 0 Å². The van der Waals surface area contributed by atoms with E-state index in [0.29, 0.717) is 0 Å². The Balaban J connectivity index is -0.000000116. The topological polar surface area (TPSA) is 0 Å². The minimum atomic E-state index is 0. The number of quaternary nitrogens is 2. The number of rotatable bonds is 8. The fourth-order valence-electron chi connectivity index (χ4n) is 1.55. The molecule has 0 aromatic heterocycles. The molecule has 0 bridgehead atoms. The van der Waals surface area contributed by atoms with Crippen molar-refractivity contribution in [3.05, 3.63) is 50.6 Å². The van der Waals surface area contributed by atoms with Crippen molar-refractivity contribution in [2.45, 2.75) is 0 Å². The summed E-state index contributed by atoms with van der Waals surface area (Å²) in [6.45, 7) is 18.7. The van der Waals surface area contributed by atoms with Gasteiger partial charge in [-0.1, -0.05) is 26.3 Å². The third-order valence-corrected chi connectivity index (χ3v) is 2.49. The van der Waals surface area contributed by atoms with Gasteiger partial charge in [0.15, 0.2) is 0 Å². The summed E-state index contributed by atoms with van der Waals surface area (Å²) in [6.07, 6.45) is 7.74. The second-order valence-electron chi connectivity index (χ2n) is 5.76. The van der Waals surface area contributed by atoms with Crippen LogP contribution in [0.15, 0.2) is 50.6 Å². The number of hydrogen-bond acceptors (Lipinski definition) is 0. The average Bonchev–Trinajstić information content (AvgIpc) is 2.17. The van der Waals surface area contributed by atoms with Crippen LogP contribution in [-0.2, 0) is 0 Å². The zero-order valence-corrected chi connectivity index (χ0v) is 16.0. The molecule has 0 rings (SSSR count). The summed E-state index contributed by atoms with van der Waals surface area (Å²) in [6, 6.07) is 0. The lowest BCUT2D eigenvalue weighted by Crippen LogP contribution is -3.00. The summed E-state index contributed by atoms with van der Waals surface area (Å²) in [7, 11) is 8.62. The molecule has 0 fully saturated rings. The fourth-order valence-corrected chi connectivity index (χ4v) is 1.55. The van der Waals surface area contributed by atoms with Crippen LogP contribution < -0.4 is 29.4 Å². The van der Waals surface area contributed by atoms with Gasteiger partial charge >= 0.3 is 0 Å². The molecule has 120 valence electrons. The molecular formula is C16H32BrClN2. The first-order valence-electron chi connectivity index (χ1n) is 6.32. The Morgan fingerprint density at radius 2 is 0.750 bits per heavy atom. The first kappa shape index (κ1) is 27.9. The number of nitrogens with zero attached hydrogens (tertiary/aromatic N) is 2. The van der Waals surface area contributed by atoms with Crippen LogP contribution in [0.5, 0.6) is 0 Å². The van der Waals surface area contributed by atoms with Crippen molar-refractivity contribution in [2.75, 3.05) is 54.4 Å². The predicted octanol–water partition coefficient (Wildman–Crippen LogP) is -3.12. The zero-order chi connectivity index (χ0) is 14.7. The third kappa shape index (κ3) is 20.0. The van der Waals surface area contributed by atoms with E-state index >= 15 is 0 Å². The molecule has 0 unspecified atom stereocenters. The van der Waals surface area contributed by atoms with Gasteiger partial charge < -0.3 is 38.4 Å².